The highest BCUT2D eigenvalue weighted by molar-refractivity contribution is 6.30. The first-order valence-corrected chi connectivity index (χ1v) is 6.86. The number of anilines is 1. The van der Waals surface area contributed by atoms with Gasteiger partial charge in [0.2, 0.25) is 0 Å². The van der Waals surface area contributed by atoms with Gasteiger partial charge in [0.1, 0.15) is 0 Å². The van der Waals surface area contributed by atoms with Gasteiger partial charge in [-0.15, -0.1) is 0 Å². The Morgan fingerprint density at radius 2 is 2.00 bits per heavy atom. The lowest BCUT2D eigenvalue weighted by Gasteiger charge is -2.36. The second-order valence-electron chi connectivity index (χ2n) is 4.67. The number of benzene rings is 1. The van der Waals surface area contributed by atoms with Gasteiger partial charge >= 0.3 is 0 Å². The fraction of sp³-hybridized carbons (Fsp3) is 0.500. The van der Waals surface area contributed by atoms with Crippen LogP contribution >= 0.6 is 11.6 Å². The lowest BCUT2D eigenvalue weighted by atomic mass is 10.1. The van der Waals surface area contributed by atoms with Crippen molar-refractivity contribution < 1.29 is 0 Å². The number of nitrogens with zero attached hydrogens (tertiary/aromatic N) is 2. The summed E-state index contributed by atoms with van der Waals surface area (Å²) in [5.74, 6) is 0. The first kappa shape index (κ1) is 13.7. The van der Waals surface area contributed by atoms with Crippen LogP contribution < -0.4 is 10.6 Å². The molecule has 1 saturated heterocycles. The first-order valence-electron chi connectivity index (χ1n) is 6.48. The molecule has 0 bridgehead atoms. The van der Waals surface area contributed by atoms with E-state index >= 15 is 0 Å². The van der Waals surface area contributed by atoms with Gasteiger partial charge in [-0.05, 0) is 24.1 Å². The van der Waals surface area contributed by atoms with Crippen LogP contribution in [-0.2, 0) is 6.54 Å². The minimum Gasteiger partial charge on any atom is -0.369 e. The normalized spacial score (nSPS) is 17.2. The summed E-state index contributed by atoms with van der Waals surface area (Å²) < 4.78 is 0. The van der Waals surface area contributed by atoms with Crippen LogP contribution in [0.2, 0.25) is 5.02 Å². The summed E-state index contributed by atoms with van der Waals surface area (Å²) in [4.78, 5) is 4.85. The molecule has 0 atom stereocenters. The highest BCUT2D eigenvalue weighted by atomic mass is 35.5. The summed E-state index contributed by atoms with van der Waals surface area (Å²) in [5, 5.41) is 0.784. The second kappa shape index (κ2) is 6.41. The van der Waals surface area contributed by atoms with Crippen LogP contribution in [-0.4, -0.2) is 37.6 Å². The minimum absolute atomic E-state index is 0.565. The van der Waals surface area contributed by atoms with Crippen LogP contribution in [0.4, 0.5) is 5.69 Å². The van der Waals surface area contributed by atoms with Crippen molar-refractivity contribution in [1.82, 2.24) is 4.90 Å². The minimum atomic E-state index is 0.565. The molecule has 99 valence electrons. The van der Waals surface area contributed by atoms with Crippen LogP contribution in [0.3, 0.4) is 0 Å². The van der Waals surface area contributed by atoms with Gasteiger partial charge in [0, 0.05) is 50.0 Å². The highest BCUT2D eigenvalue weighted by Crippen LogP contribution is 2.25. The zero-order chi connectivity index (χ0) is 13.0. The van der Waals surface area contributed by atoms with E-state index in [9.17, 15) is 0 Å². The predicted octanol–water partition coefficient (Wildman–Crippen LogP) is 2.14. The number of halogens is 1. The molecule has 1 aromatic carbocycles. The van der Waals surface area contributed by atoms with E-state index in [0.29, 0.717) is 6.54 Å². The molecule has 0 aliphatic carbocycles. The predicted molar refractivity (Wildman–Crippen MR) is 78.0 cm³/mol. The monoisotopic (exact) mass is 266 g/mol. The van der Waals surface area contributed by atoms with E-state index in [2.05, 4.69) is 23.1 Å². The van der Waals surface area contributed by atoms with Crippen molar-refractivity contribution in [1.29, 1.82) is 0 Å². The highest BCUT2D eigenvalue weighted by Gasteiger charge is 2.18. The van der Waals surface area contributed by atoms with Crippen LogP contribution in [0.1, 0.15) is 12.5 Å². The summed E-state index contributed by atoms with van der Waals surface area (Å²) in [5.41, 5.74) is 8.17. The maximum absolute atomic E-state index is 6.09. The standard InChI is InChI=1S/C14H21ClN3/c1-2-5-17-6-8-18(9-7-17)14-10-13(15)4-3-12(14)11-16/h2-4,10H,5-9,11,16H2,1H3. The van der Waals surface area contributed by atoms with Gasteiger partial charge in [-0.2, -0.15) is 0 Å². The number of rotatable bonds is 4. The molecule has 1 aliphatic heterocycles. The molecule has 3 nitrogen and oxygen atoms in total. The Balaban J connectivity index is 2.06. The molecule has 2 rings (SSSR count). The van der Waals surface area contributed by atoms with Crippen LogP contribution in [0.5, 0.6) is 0 Å². The van der Waals surface area contributed by atoms with E-state index in [1.165, 1.54) is 11.3 Å². The zero-order valence-corrected chi connectivity index (χ0v) is 11.7. The molecule has 1 heterocycles. The Morgan fingerprint density at radius 1 is 1.28 bits per heavy atom. The molecule has 18 heavy (non-hydrogen) atoms. The number of hydrogen-bond acceptors (Lipinski definition) is 3. The lowest BCUT2D eigenvalue weighted by Crippen LogP contribution is -2.47. The average molecular weight is 267 g/mol. The van der Waals surface area contributed by atoms with Gasteiger partial charge in [-0.1, -0.05) is 24.6 Å². The third-order valence-corrected chi connectivity index (χ3v) is 3.66. The molecule has 1 aromatic rings. The second-order valence-corrected chi connectivity index (χ2v) is 5.11. The summed E-state index contributed by atoms with van der Waals surface area (Å²) in [6, 6.07) is 5.98. The average Bonchev–Trinajstić information content (AvgIpc) is 2.40. The Labute approximate surface area is 115 Å². The molecule has 0 aromatic heterocycles. The van der Waals surface area contributed by atoms with Crippen LogP contribution in [0.25, 0.3) is 0 Å². The van der Waals surface area contributed by atoms with E-state index in [0.717, 1.165) is 37.7 Å². The van der Waals surface area contributed by atoms with E-state index in [-0.39, 0.29) is 0 Å². The molecule has 1 fully saturated rings. The van der Waals surface area contributed by atoms with Crippen molar-refractivity contribution in [2.75, 3.05) is 37.6 Å². The summed E-state index contributed by atoms with van der Waals surface area (Å²) >= 11 is 6.09. The summed E-state index contributed by atoms with van der Waals surface area (Å²) in [6.07, 6.45) is 2.21. The third kappa shape index (κ3) is 3.16. The van der Waals surface area contributed by atoms with Crippen molar-refractivity contribution in [3.05, 3.63) is 35.2 Å². The molecule has 1 aliphatic rings. The Bertz CT molecular complexity index is 387. The zero-order valence-electron chi connectivity index (χ0n) is 10.9. The van der Waals surface area contributed by atoms with Gasteiger partial charge in [0.25, 0.3) is 0 Å². The molecule has 1 radical (unpaired) electrons. The molecule has 2 N–H and O–H groups in total. The molecular formula is C14H21ClN3. The van der Waals surface area contributed by atoms with Crippen molar-refractivity contribution >= 4 is 17.3 Å². The fourth-order valence-corrected chi connectivity index (χ4v) is 2.60. The first-order chi connectivity index (χ1) is 8.74. The van der Waals surface area contributed by atoms with E-state index in [1.807, 2.05) is 18.2 Å². The molecule has 0 amide bonds. The van der Waals surface area contributed by atoms with Gasteiger partial charge in [0.15, 0.2) is 0 Å². The molecule has 0 saturated carbocycles. The summed E-state index contributed by atoms with van der Waals surface area (Å²) in [6.45, 7) is 8.03. The molecule has 0 spiro atoms. The van der Waals surface area contributed by atoms with E-state index < -0.39 is 0 Å². The Hall–Kier alpha value is -0.770. The van der Waals surface area contributed by atoms with E-state index in [1.54, 1.807) is 0 Å². The van der Waals surface area contributed by atoms with Crippen molar-refractivity contribution in [2.45, 2.75) is 13.5 Å². The van der Waals surface area contributed by atoms with Gasteiger partial charge in [-0.25, -0.2) is 0 Å². The van der Waals surface area contributed by atoms with Gasteiger partial charge < -0.3 is 10.6 Å². The van der Waals surface area contributed by atoms with Crippen molar-refractivity contribution in [3.63, 3.8) is 0 Å². The van der Waals surface area contributed by atoms with Crippen LogP contribution in [0.15, 0.2) is 18.2 Å². The number of piperazine rings is 1. The topological polar surface area (TPSA) is 32.5 Å². The SMILES string of the molecule is C[CH]CN1CCN(c2cc(Cl)ccc2CN)CC1. The maximum atomic E-state index is 6.09. The summed E-state index contributed by atoms with van der Waals surface area (Å²) in [7, 11) is 0. The quantitative estimate of drug-likeness (QED) is 0.906. The van der Waals surface area contributed by atoms with E-state index in [4.69, 9.17) is 17.3 Å². The molecular weight excluding hydrogens is 246 g/mol. The van der Waals surface area contributed by atoms with Crippen LogP contribution in [0, 0.1) is 6.42 Å². The molecule has 0 unspecified atom stereocenters. The largest absolute Gasteiger partial charge is 0.369 e. The molecule has 4 heteroatoms. The lowest BCUT2D eigenvalue weighted by molar-refractivity contribution is 0.276. The third-order valence-electron chi connectivity index (χ3n) is 3.42. The van der Waals surface area contributed by atoms with Gasteiger partial charge in [-0.3, -0.25) is 4.90 Å². The van der Waals surface area contributed by atoms with Crippen molar-refractivity contribution in [2.24, 2.45) is 5.73 Å². The van der Waals surface area contributed by atoms with Gasteiger partial charge in [0.05, 0.1) is 0 Å². The number of nitrogens with two attached hydrogens (primary N) is 1. The van der Waals surface area contributed by atoms with Crippen molar-refractivity contribution in [3.8, 4) is 0 Å². The fourth-order valence-electron chi connectivity index (χ4n) is 2.43. The smallest absolute Gasteiger partial charge is 0.0427 e. The maximum Gasteiger partial charge on any atom is 0.0427 e. The number of hydrogen-bond donors (Lipinski definition) is 1. The Kier molecular flexibility index (Phi) is 4.87. The Morgan fingerprint density at radius 3 is 2.61 bits per heavy atom.